The van der Waals surface area contributed by atoms with Gasteiger partial charge in [0.2, 0.25) is 5.75 Å². The molecule has 0 spiro atoms. The van der Waals surface area contributed by atoms with Crippen molar-refractivity contribution in [2.45, 2.75) is 25.8 Å². The van der Waals surface area contributed by atoms with Gasteiger partial charge in [0.25, 0.3) is 0 Å². The first kappa shape index (κ1) is 17.6. The zero-order chi connectivity index (χ0) is 18.8. The second-order valence-electron chi connectivity index (χ2n) is 7.00. The minimum absolute atomic E-state index is 0.0535. The zero-order valence-corrected chi connectivity index (χ0v) is 15.4. The number of nitrogens with zero attached hydrogens (tertiary/aromatic N) is 1. The molecule has 4 rings (SSSR count). The van der Waals surface area contributed by atoms with E-state index in [0.717, 1.165) is 25.2 Å². The monoisotopic (exact) mass is 365 g/mol. The minimum Gasteiger partial charge on any atom is -0.504 e. The van der Waals surface area contributed by atoms with Gasteiger partial charge in [-0.25, -0.2) is 0 Å². The second kappa shape index (κ2) is 7.45. The van der Waals surface area contributed by atoms with Gasteiger partial charge in [0.15, 0.2) is 16.8 Å². The number of ether oxygens (including phenoxy) is 1. The van der Waals surface area contributed by atoms with Crippen LogP contribution in [0.5, 0.6) is 11.5 Å². The van der Waals surface area contributed by atoms with E-state index >= 15 is 0 Å². The number of piperidine rings is 1. The van der Waals surface area contributed by atoms with Crippen LogP contribution >= 0.6 is 0 Å². The fourth-order valence-electron chi connectivity index (χ4n) is 3.67. The Morgan fingerprint density at radius 3 is 2.52 bits per heavy atom. The number of hydrogen-bond donors (Lipinski definition) is 1. The van der Waals surface area contributed by atoms with Gasteiger partial charge in [0.1, 0.15) is 5.76 Å². The number of methoxy groups -OCH3 is 1. The molecular formula is C22H23NO4. The summed E-state index contributed by atoms with van der Waals surface area (Å²) in [4.78, 5) is 15.0. The van der Waals surface area contributed by atoms with Crippen molar-refractivity contribution in [2.75, 3.05) is 20.2 Å². The Morgan fingerprint density at radius 2 is 1.81 bits per heavy atom. The Bertz CT molecular complexity index is 1000. The summed E-state index contributed by atoms with van der Waals surface area (Å²) in [6.45, 7) is 3.26. The maximum atomic E-state index is 12.5. The van der Waals surface area contributed by atoms with Crippen molar-refractivity contribution in [3.05, 3.63) is 58.3 Å². The van der Waals surface area contributed by atoms with Crippen LogP contribution in [0.2, 0.25) is 0 Å². The normalized spacial score (nSPS) is 15.1. The van der Waals surface area contributed by atoms with Gasteiger partial charge in [-0.3, -0.25) is 9.69 Å². The molecule has 1 saturated heterocycles. The average molecular weight is 365 g/mol. The SMILES string of the molecule is COc1c(O)ccc2c(=O)cc(-c3ccc(CN4CCCCC4)cc3)oc12. The summed E-state index contributed by atoms with van der Waals surface area (Å²) in [6.07, 6.45) is 3.87. The van der Waals surface area contributed by atoms with Gasteiger partial charge < -0.3 is 14.3 Å². The van der Waals surface area contributed by atoms with Crippen molar-refractivity contribution in [2.24, 2.45) is 0 Å². The highest BCUT2D eigenvalue weighted by Crippen LogP contribution is 2.35. The van der Waals surface area contributed by atoms with Gasteiger partial charge in [-0.2, -0.15) is 0 Å². The highest BCUT2D eigenvalue weighted by Gasteiger charge is 2.15. The molecule has 0 bridgehead atoms. The van der Waals surface area contributed by atoms with Gasteiger partial charge in [-0.15, -0.1) is 0 Å². The lowest BCUT2D eigenvalue weighted by Gasteiger charge is -2.26. The molecule has 140 valence electrons. The first-order valence-corrected chi connectivity index (χ1v) is 9.31. The molecule has 0 amide bonds. The lowest BCUT2D eigenvalue weighted by atomic mass is 10.1. The third kappa shape index (κ3) is 3.55. The first-order valence-electron chi connectivity index (χ1n) is 9.31. The van der Waals surface area contributed by atoms with Crippen molar-refractivity contribution in [1.29, 1.82) is 0 Å². The van der Waals surface area contributed by atoms with Crippen molar-refractivity contribution >= 4 is 11.0 Å². The van der Waals surface area contributed by atoms with E-state index in [1.807, 2.05) is 12.1 Å². The molecule has 5 nitrogen and oxygen atoms in total. The molecule has 0 atom stereocenters. The van der Waals surface area contributed by atoms with Crippen LogP contribution in [0.3, 0.4) is 0 Å². The molecule has 1 N–H and O–H groups in total. The zero-order valence-electron chi connectivity index (χ0n) is 15.4. The van der Waals surface area contributed by atoms with Gasteiger partial charge >= 0.3 is 0 Å². The lowest BCUT2D eigenvalue weighted by molar-refractivity contribution is 0.221. The van der Waals surface area contributed by atoms with Gasteiger partial charge in [0.05, 0.1) is 12.5 Å². The molecular weight excluding hydrogens is 342 g/mol. The summed E-state index contributed by atoms with van der Waals surface area (Å²) in [5, 5.41) is 10.3. The van der Waals surface area contributed by atoms with Crippen LogP contribution in [0, 0.1) is 0 Å². The molecule has 0 radical (unpaired) electrons. The summed E-state index contributed by atoms with van der Waals surface area (Å²) in [6, 6.07) is 12.6. The van der Waals surface area contributed by atoms with E-state index in [0.29, 0.717) is 11.1 Å². The molecule has 1 aliphatic heterocycles. The minimum atomic E-state index is -0.165. The number of likely N-dealkylation sites (tertiary alicyclic amines) is 1. The third-order valence-corrected chi connectivity index (χ3v) is 5.13. The smallest absolute Gasteiger partial charge is 0.204 e. The number of hydrogen-bond acceptors (Lipinski definition) is 5. The van der Waals surface area contributed by atoms with E-state index in [9.17, 15) is 9.90 Å². The van der Waals surface area contributed by atoms with E-state index in [1.165, 1.54) is 44.1 Å². The Hall–Kier alpha value is -2.79. The van der Waals surface area contributed by atoms with Crippen LogP contribution in [0.1, 0.15) is 24.8 Å². The molecule has 1 aliphatic rings. The predicted molar refractivity (Wildman–Crippen MR) is 105 cm³/mol. The topological polar surface area (TPSA) is 62.9 Å². The number of phenols is 1. The number of rotatable bonds is 4. The molecule has 3 aromatic rings. The molecule has 2 aromatic carbocycles. The second-order valence-corrected chi connectivity index (χ2v) is 7.00. The molecule has 0 saturated carbocycles. The summed E-state index contributed by atoms with van der Waals surface area (Å²) < 4.78 is 11.1. The Morgan fingerprint density at radius 1 is 1.07 bits per heavy atom. The summed E-state index contributed by atoms with van der Waals surface area (Å²) in [5.41, 5.74) is 2.17. The van der Waals surface area contributed by atoms with Crippen molar-refractivity contribution in [3.63, 3.8) is 0 Å². The van der Waals surface area contributed by atoms with Gasteiger partial charge in [-0.1, -0.05) is 30.7 Å². The van der Waals surface area contributed by atoms with Crippen LogP contribution in [0.4, 0.5) is 0 Å². The van der Waals surface area contributed by atoms with Crippen molar-refractivity contribution < 1.29 is 14.3 Å². The molecule has 2 heterocycles. The van der Waals surface area contributed by atoms with Crippen LogP contribution < -0.4 is 10.2 Å². The fraction of sp³-hybridized carbons (Fsp3) is 0.318. The Balaban J connectivity index is 1.66. The Kier molecular flexibility index (Phi) is 4.86. The maximum absolute atomic E-state index is 12.5. The van der Waals surface area contributed by atoms with E-state index < -0.39 is 0 Å². The molecule has 0 unspecified atom stereocenters. The van der Waals surface area contributed by atoms with Crippen LogP contribution in [-0.4, -0.2) is 30.2 Å². The van der Waals surface area contributed by atoms with Crippen molar-refractivity contribution in [1.82, 2.24) is 4.90 Å². The predicted octanol–water partition coefficient (Wildman–Crippen LogP) is 4.16. The first-order chi connectivity index (χ1) is 13.2. The fourth-order valence-corrected chi connectivity index (χ4v) is 3.67. The van der Waals surface area contributed by atoms with Crippen molar-refractivity contribution in [3.8, 4) is 22.8 Å². The van der Waals surface area contributed by atoms with E-state index in [4.69, 9.17) is 9.15 Å². The molecule has 5 heteroatoms. The molecule has 1 aromatic heterocycles. The number of phenolic OH excluding ortho intramolecular Hbond substituents is 1. The Labute approximate surface area is 157 Å². The number of benzene rings is 2. The van der Waals surface area contributed by atoms with Crippen LogP contribution in [0.15, 0.2) is 51.7 Å². The number of fused-ring (bicyclic) bond motifs is 1. The highest BCUT2D eigenvalue weighted by molar-refractivity contribution is 5.86. The molecule has 27 heavy (non-hydrogen) atoms. The highest BCUT2D eigenvalue weighted by atomic mass is 16.5. The van der Waals surface area contributed by atoms with E-state index in [1.54, 1.807) is 6.07 Å². The standard InChI is InChI=1S/C22H23NO4/c1-26-22-18(24)10-9-17-19(25)13-20(27-21(17)22)16-7-5-15(6-8-16)14-23-11-3-2-4-12-23/h5-10,13,24H,2-4,11-12,14H2,1H3. The lowest BCUT2D eigenvalue weighted by Crippen LogP contribution is -2.28. The maximum Gasteiger partial charge on any atom is 0.204 e. The molecule has 0 aliphatic carbocycles. The van der Waals surface area contributed by atoms with Crippen LogP contribution in [-0.2, 0) is 6.54 Å². The molecule has 1 fully saturated rings. The van der Waals surface area contributed by atoms with Gasteiger partial charge in [-0.05, 0) is 43.6 Å². The third-order valence-electron chi connectivity index (χ3n) is 5.13. The largest absolute Gasteiger partial charge is 0.504 e. The van der Waals surface area contributed by atoms with Gasteiger partial charge in [0, 0.05) is 18.2 Å². The van der Waals surface area contributed by atoms with Crippen LogP contribution in [0.25, 0.3) is 22.3 Å². The van der Waals surface area contributed by atoms with E-state index in [-0.39, 0.29) is 22.5 Å². The average Bonchev–Trinajstić information content (AvgIpc) is 2.69. The quantitative estimate of drug-likeness (QED) is 0.752. The summed E-state index contributed by atoms with van der Waals surface area (Å²) >= 11 is 0. The summed E-state index contributed by atoms with van der Waals surface area (Å²) in [7, 11) is 1.44. The summed E-state index contributed by atoms with van der Waals surface area (Å²) in [5.74, 6) is 0.580. The van der Waals surface area contributed by atoms with E-state index in [2.05, 4.69) is 17.0 Å². The number of aromatic hydroxyl groups is 1.